The van der Waals surface area contributed by atoms with Crippen LogP contribution in [0.15, 0.2) is 0 Å². The Kier molecular flexibility index (Phi) is 4.57. The number of rotatable bonds is 4. The highest BCUT2D eigenvalue weighted by molar-refractivity contribution is 8.00. The number of thioether (sulfide) groups is 1. The van der Waals surface area contributed by atoms with Crippen molar-refractivity contribution in [3.8, 4) is 0 Å². The van der Waals surface area contributed by atoms with Crippen LogP contribution in [-0.4, -0.2) is 36.8 Å². The Hall–Kier alpha value is 0.270. The van der Waals surface area contributed by atoms with Crippen molar-refractivity contribution in [1.82, 2.24) is 5.32 Å². The van der Waals surface area contributed by atoms with Gasteiger partial charge >= 0.3 is 0 Å². The van der Waals surface area contributed by atoms with Gasteiger partial charge in [-0.15, -0.1) is 0 Å². The monoisotopic (exact) mass is 243 g/mol. The second-order valence-electron chi connectivity index (χ2n) is 5.40. The van der Waals surface area contributed by atoms with E-state index in [-0.39, 0.29) is 0 Å². The summed E-state index contributed by atoms with van der Waals surface area (Å²) >= 11 is 2.04. The van der Waals surface area contributed by atoms with Crippen LogP contribution in [0.2, 0.25) is 0 Å². The third kappa shape index (κ3) is 2.93. The maximum Gasteiger partial charge on any atom is 0.0479 e. The number of ether oxygens (including phenoxy) is 1. The van der Waals surface area contributed by atoms with Crippen molar-refractivity contribution in [2.24, 2.45) is 5.92 Å². The van der Waals surface area contributed by atoms with Crippen molar-refractivity contribution in [3.63, 3.8) is 0 Å². The van der Waals surface area contributed by atoms with E-state index in [4.69, 9.17) is 4.74 Å². The Bertz CT molecular complexity index is 216. The van der Waals surface area contributed by atoms with Crippen LogP contribution in [0.3, 0.4) is 0 Å². The summed E-state index contributed by atoms with van der Waals surface area (Å²) in [7, 11) is 0. The van der Waals surface area contributed by atoms with Gasteiger partial charge in [-0.2, -0.15) is 11.8 Å². The van der Waals surface area contributed by atoms with Crippen molar-refractivity contribution >= 4 is 11.8 Å². The quantitative estimate of drug-likeness (QED) is 0.820. The summed E-state index contributed by atoms with van der Waals surface area (Å²) in [4.78, 5) is 0. The Morgan fingerprint density at radius 1 is 1.31 bits per heavy atom. The summed E-state index contributed by atoms with van der Waals surface area (Å²) in [6.07, 6.45) is 8.87. The fraction of sp³-hybridized carbons (Fsp3) is 1.00. The summed E-state index contributed by atoms with van der Waals surface area (Å²) < 4.78 is 5.92. The first kappa shape index (κ1) is 12.7. The zero-order valence-electron chi connectivity index (χ0n) is 10.6. The molecule has 0 bridgehead atoms. The molecular formula is C13H25NOS. The van der Waals surface area contributed by atoms with E-state index >= 15 is 0 Å². The molecule has 16 heavy (non-hydrogen) atoms. The molecule has 2 aliphatic rings. The van der Waals surface area contributed by atoms with Gasteiger partial charge in [-0.25, -0.2) is 0 Å². The van der Waals surface area contributed by atoms with Gasteiger partial charge in [0.05, 0.1) is 0 Å². The predicted molar refractivity (Wildman–Crippen MR) is 71.1 cm³/mol. The zero-order chi connectivity index (χ0) is 11.4. The molecule has 1 heterocycles. The molecule has 2 unspecified atom stereocenters. The fourth-order valence-electron chi connectivity index (χ4n) is 2.96. The standard InChI is InChI=1S/C13H25NOS/c1-11-4-3-5-12(11)14-10-13(16-2)6-8-15-9-7-13/h11-12,14H,3-10H2,1-2H3. The third-order valence-corrected chi connectivity index (χ3v) is 5.80. The minimum atomic E-state index is 0.445. The zero-order valence-corrected chi connectivity index (χ0v) is 11.4. The molecule has 94 valence electrons. The van der Waals surface area contributed by atoms with E-state index in [0.717, 1.165) is 25.2 Å². The highest BCUT2D eigenvalue weighted by atomic mass is 32.2. The highest BCUT2D eigenvalue weighted by Crippen LogP contribution is 2.34. The normalized spacial score (nSPS) is 34.1. The first-order valence-corrected chi connectivity index (χ1v) is 7.84. The maximum atomic E-state index is 5.48. The van der Waals surface area contributed by atoms with Crippen LogP contribution in [0, 0.1) is 5.92 Å². The molecule has 1 N–H and O–H groups in total. The minimum Gasteiger partial charge on any atom is -0.381 e. The minimum absolute atomic E-state index is 0.445. The summed E-state index contributed by atoms with van der Waals surface area (Å²) in [5.41, 5.74) is 0. The van der Waals surface area contributed by atoms with Crippen LogP contribution >= 0.6 is 11.8 Å². The third-order valence-electron chi connectivity index (χ3n) is 4.38. The number of nitrogens with one attached hydrogen (secondary N) is 1. The van der Waals surface area contributed by atoms with E-state index in [0.29, 0.717) is 4.75 Å². The molecule has 0 aromatic carbocycles. The van der Waals surface area contributed by atoms with Crippen LogP contribution in [-0.2, 0) is 4.74 Å². The van der Waals surface area contributed by atoms with Crippen LogP contribution in [0.1, 0.15) is 39.0 Å². The molecule has 0 aromatic heterocycles. The van der Waals surface area contributed by atoms with Gasteiger partial charge in [-0.1, -0.05) is 13.3 Å². The summed E-state index contributed by atoms with van der Waals surface area (Å²) in [6.45, 7) is 5.46. The molecule has 2 fully saturated rings. The first-order chi connectivity index (χ1) is 7.76. The van der Waals surface area contributed by atoms with E-state index in [1.54, 1.807) is 0 Å². The molecular weight excluding hydrogens is 218 g/mol. The molecule has 1 saturated carbocycles. The van der Waals surface area contributed by atoms with E-state index in [2.05, 4.69) is 18.5 Å². The van der Waals surface area contributed by atoms with Crippen molar-refractivity contribution in [3.05, 3.63) is 0 Å². The van der Waals surface area contributed by atoms with Crippen LogP contribution < -0.4 is 5.32 Å². The molecule has 2 rings (SSSR count). The Labute approximate surface area is 104 Å². The van der Waals surface area contributed by atoms with Gasteiger partial charge in [0.2, 0.25) is 0 Å². The lowest BCUT2D eigenvalue weighted by molar-refractivity contribution is 0.0762. The lowest BCUT2D eigenvalue weighted by Gasteiger charge is -2.37. The largest absolute Gasteiger partial charge is 0.381 e. The average molecular weight is 243 g/mol. The van der Waals surface area contributed by atoms with Gasteiger partial charge in [-0.05, 0) is 37.9 Å². The van der Waals surface area contributed by atoms with Gasteiger partial charge in [-0.3, -0.25) is 0 Å². The lowest BCUT2D eigenvalue weighted by Crippen LogP contribution is -2.46. The van der Waals surface area contributed by atoms with E-state index in [1.807, 2.05) is 11.8 Å². The van der Waals surface area contributed by atoms with Gasteiger partial charge in [0.25, 0.3) is 0 Å². The SMILES string of the molecule is CSC1(CNC2CCCC2C)CCOCC1. The average Bonchev–Trinajstić information content (AvgIpc) is 2.74. The Morgan fingerprint density at radius 3 is 2.62 bits per heavy atom. The summed E-state index contributed by atoms with van der Waals surface area (Å²) in [6, 6.07) is 0.770. The van der Waals surface area contributed by atoms with Gasteiger partial charge in [0.15, 0.2) is 0 Å². The summed E-state index contributed by atoms with van der Waals surface area (Å²) in [5.74, 6) is 0.874. The Morgan fingerprint density at radius 2 is 2.06 bits per heavy atom. The van der Waals surface area contributed by atoms with E-state index in [1.165, 1.54) is 38.6 Å². The second-order valence-corrected chi connectivity index (χ2v) is 6.67. The van der Waals surface area contributed by atoms with Crippen molar-refractivity contribution < 1.29 is 4.74 Å². The smallest absolute Gasteiger partial charge is 0.0479 e. The first-order valence-electron chi connectivity index (χ1n) is 6.62. The van der Waals surface area contributed by atoms with Gasteiger partial charge in [0, 0.05) is 30.5 Å². The summed E-state index contributed by atoms with van der Waals surface area (Å²) in [5, 5.41) is 3.82. The van der Waals surface area contributed by atoms with E-state index in [9.17, 15) is 0 Å². The van der Waals surface area contributed by atoms with Crippen LogP contribution in [0.4, 0.5) is 0 Å². The lowest BCUT2D eigenvalue weighted by atomic mass is 9.97. The van der Waals surface area contributed by atoms with Crippen molar-refractivity contribution in [2.75, 3.05) is 26.0 Å². The highest BCUT2D eigenvalue weighted by Gasteiger charge is 2.33. The number of hydrogen-bond acceptors (Lipinski definition) is 3. The molecule has 0 amide bonds. The predicted octanol–water partition coefficient (Wildman–Crippen LogP) is 2.68. The molecule has 2 atom stereocenters. The number of hydrogen-bond donors (Lipinski definition) is 1. The van der Waals surface area contributed by atoms with E-state index < -0.39 is 0 Å². The molecule has 3 heteroatoms. The fourth-order valence-corrected chi connectivity index (χ4v) is 3.76. The molecule has 0 spiro atoms. The Balaban J connectivity index is 1.82. The van der Waals surface area contributed by atoms with Crippen molar-refractivity contribution in [2.45, 2.75) is 49.8 Å². The maximum absolute atomic E-state index is 5.48. The van der Waals surface area contributed by atoms with Gasteiger partial charge in [0.1, 0.15) is 0 Å². The molecule has 2 nitrogen and oxygen atoms in total. The molecule has 1 saturated heterocycles. The topological polar surface area (TPSA) is 21.3 Å². The van der Waals surface area contributed by atoms with Crippen molar-refractivity contribution in [1.29, 1.82) is 0 Å². The van der Waals surface area contributed by atoms with Crippen LogP contribution in [0.5, 0.6) is 0 Å². The van der Waals surface area contributed by atoms with Gasteiger partial charge < -0.3 is 10.1 Å². The second kappa shape index (κ2) is 5.74. The molecule has 1 aliphatic heterocycles. The molecule has 0 aromatic rings. The van der Waals surface area contributed by atoms with Crippen LogP contribution in [0.25, 0.3) is 0 Å². The molecule has 0 radical (unpaired) electrons. The molecule has 1 aliphatic carbocycles.